The summed E-state index contributed by atoms with van der Waals surface area (Å²) in [5.74, 6) is 0.789. The quantitative estimate of drug-likeness (QED) is 0.643. The number of furan rings is 1. The zero-order valence-corrected chi connectivity index (χ0v) is 15.8. The highest BCUT2D eigenvalue weighted by molar-refractivity contribution is 6.04. The molecule has 4 amide bonds. The second kappa shape index (κ2) is 7.27. The molecule has 4 heterocycles. The summed E-state index contributed by atoms with van der Waals surface area (Å²) in [4.78, 5) is 39.7. The molecule has 1 saturated heterocycles. The Morgan fingerprint density at radius 2 is 2.03 bits per heavy atom. The number of aromatic nitrogens is 1. The van der Waals surface area contributed by atoms with Gasteiger partial charge >= 0.3 is 6.03 Å². The molecule has 9 nitrogen and oxygen atoms in total. The molecule has 1 aromatic carbocycles. The van der Waals surface area contributed by atoms with Crippen LogP contribution in [0.15, 0.2) is 47.0 Å². The predicted octanol–water partition coefficient (Wildman–Crippen LogP) is 1.99. The Bertz CT molecular complexity index is 1090. The van der Waals surface area contributed by atoms with E-state index in [4.69, 9.17) is 9.15 Å². The number of nitrogens with zero attached hydrogens (tertiary/aromatic N) is 2. The Labute approximate surface area is 165 Å². The van der Waals surface area contributed by atoms with E-state index in [1.54, 1.807) is 49.5 Å². The van der Waals surface area contributed by atoms with Gasteiger partial charge < -0.3 is 19.4 Å². The highest BCUT2D eigenvalue weighted by Crippen LogP contribution is 2.25. The SMILES string of the molecule is COc1ccc2c(c1)C(=O)N(C)C2.O=C1NC(=O)[C@H](c2cc3ncccc3o2)N1. The molecule has 9 heteroatoms. The molecule has 1 fully saturated rings. The van der Waals surface area contributed by atoms with Crippen LogP contribution in [0, 0.1) is 0 Å². The first-order chi connectivity index (χ1) is 14.0. The molecule has 0 saturated carbocycles. The van der Waals surface area contributed by atoms with Crippen LogP contribution in [0.3, 0.4) is 0 Å². The van der Waals surface area contributed by atoms with Gasteiger partial charge in [-0.3, -0.25) is 19.9 Å². The van der Waals surface area contributed by atoms with E-state index < -0.39 is 18.0 Å². The Morgan fingerprint density at radius 3 is 2.72 bits per heavy atom. The average Bonchev–Trinajstić information content (AvgIpc) is 3.37. The Morgan fingerprint density at radius 1 is 1.21 bits per heavy atom. The van der Waals surface area contributed by atoms with E-state index in [0.717, 1.165) is 16.9 Å². The zero-order valence-electron chi connectivity index (χ0n) is 15.8. The molecule has 1 atom stereocenters. The van der Waals surface area contributed by atoms with E-state index in [9.17, 15) is 14.4 Å². The van der Waals surface area contributed by atoms with Crippen molar-refractivity contribution in [2.45, 2.75) is 12.6 Å². The van der Waals surface area contributed by atoms with Gasteiger partial charge in [0.1, 0.15) is 17.0 Å². The van der Waals surface area contributed by atoms with Crippen LogP contribution >= 0.6 is 0 Å². The van der Waals surface area contributed by atoms with Gasteiger partial charge in [-0.1, -0.05) is 6.07 Å². The molecular weight excluding hydrogens is 376 g/mol. The third-order valence-electron chi connectivity index (χ3n) is 4.67. The first-order valence-corrected chi connectivity index (χ1v) is 8.84. The fourth-order valence-corrected chi connectivity index (χ4v) is 3.20. The van der Waals surface area contributed by atoms with E-state index in [2.05, 4.69) is 15.6 Å². The normalized spacial score (nSPS) is 17.5. The highest BCUT2D eigenvalue weighted by Gasteiger charge is 2.33. The van der Waals surface area contributed by atoms with Crippen LogP contribution in [-0.4, -0.2) is 41.9 Å². The van der Waals surface area contributed by atoms with Gasteiger partial charge in [-0.05, 0) is 29.8 Å². The van der Waals surface area contributed by atoms with Crippen molar-refractivity contribution in [2.24, 2.45) is 0 Å². The third-order valence-corrected chi connectivity index (χ3v) is 4.67. The topological polar surface area (TPSA) is 114 Å². The maximum Gasteiger partial charge on any atom is 0.322 e. The van der Waals surface area contributed by atoms with Crippen molar-refractivity contribution in [3.8, 4) is 5.75 Å². The van der Waals surface area contributed by atoms with E-state index >= 15 is 0 Å². The summed E-state index contributed by atoms with van der Waals surface area (Å²) >= 11 is 0. The van der Waals surface area contributed by atoms with Crippen molar-refractivity contribution >= 4 is 28.9 Å². The minimum Gasteiger partial charge on any atom is -0.497 e. The predicted molar refractivity (Wildman–Crippen MR) is 102 cm³/mol. The van der Waals surface area contributed by atoms with Crippen molar-refractivity contribution in [3.05, 3.63) is 59.5 Å². The molecule has 3 aromatic rings. The van der Waals surface area contributed by atoms with Gasteiger partial charge in [0.2, 0.25) is 0 Å². The van der Waals surface area contributed by atoms with Crippen LogP contribution < -0.4 is 15.4 Å². The van der Waals surface area contributed by atoms with Gasteiger partial charge in [-0.2, -0.15) is 0 Å². The molecule has 0 unspecified atom stereocenters. The number of rotatable bonds is 2. The lowest BCUT2D eigenvalue weighted by Gasteiger charge is -2.04. The fraction of sp³-hybridized carbons (Fsp3) is 0.200. The Kier molecular flexibility index (Phi) is 4.63. The number of amides is 4. The van der Waals surface area contributed by atoms with Gasteiger partial charge in [0.15, 0.2) is 11.6 Å². The van der Waals surface area contributed by atoms with Crippen LogP contribution in [-0.2, 0) is 11.3 Å². The van der Waals surface area contributed by atoms with Gasteiger partial charge in [0.25, 0.3) is 11.8 Å². The van der Waals surface area contributed by atoms with E-state index in [1.807, 2.05) is 12.1 Å². The van der Waals surface area contributed by atoms with Crippen LogP contribution in [0.4, 0.5) is 4.79 Å². The van der Waals surface area contributed by atoms with Crippen LogP contribution in [0.5, 0.6) is 5.75 Å². The monoisotopic (exact) mass is 394 g/mol. The molecular formula is C20H18N4O5. The summed E-state index contributed by atoms with van der Waals surface area (Å²) in [7, 11) is 3.40. The van der Waals surface area contributed by atoms with Crippen molar-refractivity contribution in [1.29, 1.82) is 0 Å². The number of carbonyl (C=O) groups excluding carboxylic acids is 3. The number of pyridine rings is 1. The molecule has 0 aliphatic carbocycles. The minimum atomic E-state index is -0.762. The largest absolute Gasteiger partial charge is 0.497 e. The second-order valence-electron chi connectivity index (χ2n) is 6.62. The molecule has 2 aromatic heterocycles. The lowest BCUT2D eigenvalue weighted by atomic mass is 10.1. The molecule has 29 heavy (non-hydrogen) atoms. The highest BCUT2D eigenvalue weighted by atomic mass is 16.5. The number of urea groups is 1. The summed E-state index contributed by atoms with van der Waals surface area (Å²) < 4.78 is 10.5. The molecule has 5 rings (SSSR count). The number of nitrogens with one attached hydrogen (secondary N) is 2. The van der Waals surface area contributed by atoms with Crippen molar-refractivity contribution in [3.63, 3.8) is 0 Å². The van der Waals surface area contributed by atoms with Gasteiger partial charge in [0, 0.05) is 31.4 Å². The number of carbonyl (C=O) groups is 3. The van der Waals surface area contributed by atoms with Gasteiger partial charge in [0.05, 0.1) is 7.11 Å². The zero-order chi connectivity index (χ0) is 20.5. The summed E-state index contributed by atoms with van der Waals surface area (Å²) in [6.07, 6.45) is 1.63. The number of hydrogen-bond acceptors (Lipinski definition) is 6. The molecule has 2 N–H and O–H groups in total. The molecule has 148 valence electrons. The number of fused-ring (bicyclic) bond motifs is 2. The molecule has 2 aliphatic heterocycles. The van der Waals surface area contributed by atoms with Gasteiger partial charge in [-0.25, -0.2) is 4.79 Å². The average molecular weight is 394 g/mol. The number of methoxy groups -OCH3 is 1. The summed E-state index contributed by atoms with van der Waals surface area (Å²) in [6, 6.07) is 9.47. The van der Waals surface area contributed by atoms with E-state index in [-0.39, 0.29) is 5.91 Å². The lowest BCUT2D eigenvalue weighted by Crippen LogP contribution is -2.22. The van der Waals surface area contributed by atoms with Crippen LogP contribution in [0.1, 0.15) is 27.7 Å². The number of benzene rings is 1. The first kappa shape index (κ1) is 18.5. The maximum absolute atomic E-state index is 11.5. The number of imide groups is 1. The van der Waals surface area contributed by atoms with E-state index in [0.29, 0.717) is 23.4 Å². The number of hydrogen-bond donors (Lipinski definition) is 2. The second-order valence-corrected chi connectivity index (χ2v) is 6.62. The standard InChI is InChI=1S/C10H7N3O3.C10H11NO2/c14-9-8(12-10(15)13-9)7-4-5-6(16-7)2-1-3-11-5;1-11-6-7-3-4-8(13-2)5-9(7)10(11)12/h1-4,8H,(H2,12,13,14,15);3-5H,6H2,1-2H3/t8-;/m0./s1. The fourth-order valence-electron chi connectivity index (χ4n) is 3.20. The van der Waals surface area contributed by atoms with E-state index in [1.165, 1.54) is 0 Å². The van der Waals surface area contributed by atoms with Crippen molar-refractivity contribution in [1.82, 2.24) is 20.5 Å². The van der Waals surface area contributed by atoms with Crippen molar-refractivity contribution in [2.75, 3.05) is 14.2 Å². The Balaban J connectivity index is 0.000000145. The summed E-state index contributed by atoms with van der Waals surface area (Å²) in [5.41, 5.74) is 3.09. The van der Waals surface area contributed by atoms with Crippen LogP contribution in [0.2, 0.25) is 0 Å². The van der Waals surface area contributed by atoms with Gasteiger partial charge in [-0.15, -0.1) is 0 Å². The molecule has 2 aliphatic rings. The summed E-state index contributed by atoms with van der Waals surface area (Å²) in [6.45, 7) is 0.707. The van der Waals surface area contributed by atoms with Crippen LogP contribution in [0.25, 0.3) is 11.1 Å². The molecule has 0 bridgehead atoms. The Hall–Kier alpha value is -3.88. The molecule has 0 radical (unpaired) electrons. The smallest absolute Gasteiger partial charge is 0.322 e. The maximum atomic E-state index is 11.5. The first-order valence-electron chi connectivity index (χ1n) is 8.84. The summed E-state index contributed by atoms with van der Waals surface area (Å²) in [5, 5.41) is 4.60. The number of ether oxygens (including phenoxy) is 1. The molecule has 0 spiro atoms. The third kappa shape index (κ3) is 3.49. The van der Waals surface area contributed by atoms with Crippen molar-refractivity contribution < 1.29 is 23.5 Å². The lowest BCUT2D eigenvalue weighted by molar-refractivity contribution is -0.120. The minimum absolute atomic E-state index is 0.0777.